The summed E-state index contributed by atoms with van der Waals surface area (Å²) in [5.41, 5.74) is 11.9. The number of para-hydroxylation sites is 1. The van der Waals surface area contributed by atoms with Gasteiger partial charge in [0.15, 0.2) is 12.7 Å². The van der Waals surface area contributed by atoms with Crippen LogP contribution < -0.4 is 4.57 Å². The number of hydrogen-bond donors (Lipinski definition) is 0. The Hall–Kier alpha value is -4.28. The van der Waals surface area contributed by atoms with Crippen molar-refractivity contribution < 1.29 is 8.98 Å². The van der Waals surface area contributed by atoms with Crippen molar-refractivity contribution in [2.45, 2.75) is 87.1 Å². The van der Waals surface area contributed by atoms with Crippen LogP contribution in [-0.4, -0.2) is 4.98 Å². The molecule has 7 rings (SSSR count). The van der Waals surface area contributed by atoms with Gasteiger partial charge in [-0.25, -0.2) is 4.98 Å². The summed E-state index contributed by atoms with van der Waals surface area (Å²) in [6.07, 6.45) is 9.61. The van der Waals surface area contributed by atoms with Gasteiger partial charge in [-0.2, -0.15) is 4.57 Å². The Labute approximate surface area is 295 Å². The topological polar surface area (TPSA) is 29.9 Å². The standard InChI is InChI=1S/C45H49N2OS/c1-9-15-33-38(39-23-31(24-45(6,7)8)30(5)27-47(39)26-29(4)22-28(3)10-2)25-46-44-41(33)37-20-13-17-34(42(37)48-44)36-19-14-18-35-32-16-11-12-21-40(32)49-43(35)36/h11-14,16-21,23,25,27-28H,4,9-10,15,22,24,26H2,1-3,5-8H3/q+1. The van der Waals surface area contributed by atoms with Crippen LogP contribution in [0, 0.1) is 18.3 Å². The van der Waals surface area contributed by atoms with Gasteiger partial charge in [0.1, 0.15) is 5.58 Å². The molecule has 0 fully saturated rings. The van der Waals surface area contributed by atoms with Crippen LogP contribution in [0.5, 0.6) is 0 Å². The molecular weight excluding hydrogens is 617 g/mol. The van der Waals surface area contributed by atoms with E-state index in [1.807, 2.05) is 11.3 Å². The third-order valence-corrected chi connectivity index (χ3v) is 11.3. The second kappa shape index (κ2) is 13.2. The van der Waals surface area contributed by atoms with Gasteiger partial charge in [-0.05, 0) is 60.3 Å². The lowest BCUT2D eigenvalue weighted by molar-refractivity contribution is -0.678. The number of pyridine rings is 2. The molecule has 250 valence electrons. The van der Waals surface area contributed by atoms with Crippen molar-refractivity contribution in [1.29, 1.82) is 0 Å². The fraction of sp³-hybridized carbons (Fsp3) is 0.333. The number of allylic oxidation sites excluding steroid dienone is 1. The van der Waals surface area contributed by atoms with Gasteiger partial charge in [-0.15, -0.1) is 11.3 Å². The number of benzene rings is 3. The minimum absolute atomic E-state index is 0.178. The van der Waals surface area contributed by atoms with Gasteiger partial charge in [0.2, 0.25) is 11.4 Å². The van der Waals surface area contributed by atoms with E-state index in [0.29, 0.717) is 11.6 Å². The summed E-state index contributed by atoms with van der Waals surface area (Å²) >= 11 is 1.86. The molecular formula is C45H49N2OS+. The zero-order chi connectivity index (χ0) is 34.4. The van der Waals surface area contributed by atoms with Gasteiger partial charge in [0.25, 0.3) is 0 Å². The Balaban J connectivity index is 1.45. The number of hydrogen-bond acceptors (Lipinski definition) is 3. The minimum Gasteiger partial charge on any atom is -0.437 e. The third kappa shape index (κ3) is 6.32. The number of aromatic nitrogens is 2. The van der Waals surface area contributed by atoms with E-state index in [0.717, 1.165) is 60.6 Å². The molecule has 0 aliphatic heterocycles. The molecule has 4 heteroatoms. The molecule has 3 nitrogen and oxygen atoms in total. The summed E-state index contributed by atoms with van der Waals surface area (Å²) in [7, 11) is 0. The van der Waals surface area contributed by atoms with Crippen LogP contribution in [0.2, 0.25) is 0 Å². The molecule has 0 saturated carbocycles. The maximum absolute atomic E-state index is 6.77. The molecule has 0 aliphatic carbocycles. The van der Waals surface area contributed by atoms with Crippen molar-refractivity contribution in [2.75, 3.05) is 0 Å². The van der Waals surface area contributed by atoms with Crippen molar-refractivity contribution in [1.82, 2.24) is 4.98 Å². The highest BCUT2D eigenvalue weighted by Crippen LogP contribution is 2.44. The lowest BCUT2D eigenvalue weighted by Gasteiger charge is -2.20. The molecule has 0 aliphatic rings. The highest BCUT2D eigenvalue weighted by molar-refractivity contribution is 7.26. The summed E-state index contributed by atoms with van der Waals surface area (Å²) in [5, 5.41) is 4.88. The average Bonchev–Trinajstić information content (AvgIpc) is 3.64. The first kappa shape index (κ1) is 33.2. The molecule has 0 spiro atoms. The zero-order valence-electron chi connectivity index (χ0n) is 30.2. The lowest BCUT2D eigenvalue weighted by Crippen LogP contribution is -2.38. The average molecular weight is 666 g/mol. The molecule has 0 radical (unpaired) electrons. The van der Waals surface area contributed by atoms with Crippen molar-refractivity contribution in [3.05, 3.63) is 108 Å². The summed E-state index contributed by atoms with van der Waals surface area (Å²) in [4.78, 5) is 5.08. The van der Waals surface area contributed by atoms with Crippen LogP contribution in [0.1, 0.15) is 77.5 Å². The fourth-order valence-electron chi connectivity index (χ4n) is 7.54. The maximum Gasteiger partial charge on any atom is 0.227 e. The molecule has 3 aromatic carbocycles. The Morgan fingerprint density at radius 2 is 1.67 bits per heavy atom. The normalized spacial score (nSPS) is 12.9. The van der Waals surface area contributed by atoms with Crippen LogP contribution in [0.4, 0.5) is 0 Å². The number of aryl methyl sites for hydroxylation is 2. The van der Waals surface area contributed by atoms with E-state index in [9.17, 15) is 0 Å². The Kier molecular flexibility index (Phi) is 8.96. The van der Waals surface area contributed by atoms with Crippen molar-refractivity contribution in [3.63, 3.8) is 0 Å². The molecule has 4 aromatic heterocycles. The number of furan rings is 1. The second-order valence-electron chi connectivity index (χ2n) is 15.3. The first-order chi connectivity index (χ1) is 23.6. The van der Waals surface area contributed by atoms with Gasteiger partial charge >= 0.3 is 0 Å². The van der Waals surface area contributed by atoms with Crippen LogP contribution in [0.3, 0.4) is 0 Å². The molecule has 4 heterocycles. The largest absolute Gasteiger partial charge is 0.437 e. The smallest absolute Gasteiger partial charge is 0.227 e. The number of fused-ring (bicyclic) bond motifs is 6. The summed E-state index contributed by atoms with van der Waals surface area (Å²) < 4.78 is 11.8. The molecule has 1 atom stereocenters. The molecule has 1 unspecified atom stereocenters. The van der Waals surface area contributed by atoms with Gasteiger partial charge in [-0.1, -0.05) is 116 Å². The van der Waals surface area contributed by atoms with Gasteiger partial charge in [-0.3, -0.25) is 0 Å². The number of thiophene rings is 1. The Bertz CT molecular complexity index is 2350. The second-order valence-corrected chi connectivity index (χ2v) is 16.4. The van der Waals surface area contributed by atoms with Crippen molar-refractivity contribution in [3.8, 4) is 22.4 Å². The molecule has 7 aromatic rings. The number of nitrogens with zero attached hydrogens (tertiary/aromatic N) is 2. The Morgan fingerprint density at radius 1 is 0.939 bits per heavy atom. The zero-order valence-corrected chi connectivity index (χ0v) is 31.1. The minimum atomic E-state index is 0.178. The lowest BCUT2D eigenvalue weighted by atomic mass is 9.86. The van der Waals surface area contributed by atoms with Crippen LogP contribution in [0.15, 0.2) is 95.7 Å². The van der Waals surface area contributed by atoms with Crippen molar-refractivity contribution >= 4 is 53.6 Å². The fourth-order valence-corrected chi connectivity index (χ4v) is 8.77. The monoisotopic (exact) mass is 665 g/mol. The first-order valence-electron chi connectivity index (χ1n) is 18.0. The van der Waals surface area contributed by atoms with E-state index in [1.165, 1.54) is 59.3 Å². The number of rotatable bonds is 10. The van der Waals surface area contributed by atoms with Crippen LogP contribution >= 0.6 is 11.3 Å². The van der Waals surface area contributed by atoms with E-state index >= 15 is 0 Å². The highest BCUT2D eigenvalue weighted by atomic mass is 32.1. The highest BCUT2D eigenvalue weighted by Gasteiger charge is 2.27. The predicted octanol–water partition coefficient (Wildman–Crippen LogP) is 12.8. The molecule has 49 heavy (non-hydrogen) atoms. The first-order valence-corrected chi connectivity index (χ1v) is 18.8. The van der Waals surface area contributed by atoms with E-state index in [1.54, 1.807) is 0 Å². The quantitative estimate of drug-likeness (QED) is 0.107. The van der Waals surface area contributed by atoms with Gasteiger partial charge < -0.3 is 4.42 Å². The summed E-state index contributed by atoms with van der Waals surface area (Å²) in [6, 6.07) is 24.4. The predicted molar refractivity (Wildman–Crippen MR) is 211 cm³/mol. The molecule has 0 N–H and O–H groups in total. The van der Waals surface area contributed by atoms with E-state index in [2.05, 4.69) is 139 Å². The third-order valence-electron chi connectivity index (χ3n) is 10.0. The van der Waals surface area contributed by atoms with Crippen LogP contribution in [-0.2, 0) is 19.4 Å². The van der Waals surface area contributed by atoms with Gasteiger partial charge in [0.05, 0.1) is 10.9 Å². The summed E-state index contributed by atoms with van der Waals surface area (Å²) in [6.45, 7) is 21.4. The van der Waals surface area contributed by atoms with Gasteiger partial charge in [0, 0.05) is 54.5 Å². The SMILES string of the molecule is C=C(CC(C)CC)C[n+]1cc(C)c(CC(C)(C)C)cc1-c1cnc2oc3c(-c4cccc5c4sc4ccccc45)cccc3c2c1CCC. The van der Waals surface area contributed by atoms with Crippen molar-refractivity contribution in [2.24, 2.45) is 11.3 Å². The maximum atomic E-state index is 6.77. The van der Waals surface area contributed by atoms with E-state index in [4.69, 9.17) is 9.40 Å². The molecule has 0 amide bonds. The molecule has 0 saturated heterocycles. The summed E-state index contributed by atoms with van der Waals surface area (Å²) in [5.74, 6) is 0.622. The Morgan fingerprint density at radius 3 is 2.43 bits per heavy atom. The van der Waals surface area contributed by atoms with E-state index in [-0.39, 0.29) is 5.41 Å². The van der Waals surface area contributed by atoms with Crippen LogP contribution in [0.25, 0.3) is 64.6 Å². The van der Waals surface area contributed by atoms with E-state index < -0.39 is 0 Å². The molecule has 0 bridgehead atoms.